The third-order valence-corrected chi connectivity index (χ3v) is 4.53. The molecule has 6 heteroatoms. The van der Waals surface area contributed by atoms with Gasteiger partial charge in [-0.3, -0.25) is 5.43 Å². The lowest BCUT2D eigenvalue weighted by molar-refractivity contribution is 0.799. The van der Waals surface area contributed by atoms with Crippen molar-refractivity contribution in [3.05, 3.63) is 88.2 Å². The summed E-state index contributed by atoms with van der Waals surface area (Å²) in [6.07, 6.45) is 3.76. The summed E-state index contributed by atoms with van der Waals surface area (Å²) in [6.45, 7) is 4.83. The SMILES string of the molecule is Cc1ccc(NC(=S)N/N=C\c2cccn2Cc2cccc(Cl)c2)c(C)c1. The lowest BCUT2D eigenvalue weighted by Crippen LogP contribution is -2.24. The summed E-state index contributed by atoms with van der Waals surface area (Å²) in [6, 6.07) is 18.0. The summed E-state index contributed by atoms with van der Waals surface area (Å²) in [5, 5.41) is 8.60. The van der Waals surface area contributed by atoms with Crippen LogP contribution in [0, 0.1) is 13.8 Å². The number of thiocarbonyl (C=S) groups is 1. The molecule has 0 aliphatic rings. The molecule has 1 heterocycles. The molecule has 0 aliphatic heterocycles. The van der Waals surface area contributed by atoms with E-state index in [4.69, 9.17) is 23.8 Å². The maximum Gasteiger partial charge on any atom is 0.191 e. The number of rotatable bonds is 5. The molecule has 138 valence electrons. The predicted molar refractivity (Wildman–Crippen MR) is 118 cm³/mol. The Labute approximate surface area is 169 Å². The standard InChI is InChI=1S/C21H21ClN4S/c1-15-8-9-20(16(2)11-15)24-21(27)25-23-13-19-7-4-10-26(19)14-17-5-3-6-18(22)12-17/h3-13H,14H2,1-2H3,(H2,24,25,27)/b23-13-. The topological polar surface area (TPSA) is 41.4 Å². The van der Waals surface area contributed by atoms with E-state index in [1.165, 1.54) is 5.56 Å². The number of nitrogens with one attached hydrogen (secondary N) is 2. The zero-order chi connectivity index (χ0) is 19.2. The first-order chi connectivity index (χ1) is 13.0. The average molecular weight is 397 g/mol. The van der Waals surface area contributed by atoms with Crippen molar-refractivity contribution in [3.8, 4) is 0 Å². The van der Waals surface area contributed by atoms with E-state index in [2.05, 4.69) is 33.4 Å². The van der Waals surface area contributed by atoms with Crippen molar-refractivity contribution in [3.63, 3.8) is 0 Å². The molecule has 0 saturated carbocycles. The molecule has 2 N–H and O–H groups in total. The van der Waals surface area contributed by atoms with Gasteiger partial charge in [-0.05, 0) is 67.5 Å². The minimum absolute atomic E-state index is 0.450. The van der Waals surface area contributed by atoms with Crippen LogP contribution in [0.25, 0.3) is 0 Å². The largest absolute Gasteiger partial charge is 0.342 e. The van der Waals surface area contributed by atoms with Gasteiger partial charge >= 0.3 is 0 Å². The van der Waals surface area contributed by atoms with Crippen LogP contribution >= 0.6 is 23.8 Å². The van der Waals surface area contributed by atoms with Crippen LogP contribution in [0.1, 0.15) is 22.4 Å². The molecule has 1 aromatic heterocycles. The monoisotopic (exact) mass is 396 g/mol. The van der Waals surface area contributed by atoms with Gasteiger partial charge in [0.15, 0.2) is 5.11 Å². The van der Waals surface area contributed by atoms with E-state index in [0.29, 0.717) is 5.11 Å². The minimum Gasteiger partial charge on any atom is -0.342 e. The molecule has 27 heavy (non-hydrogen) atoms. The van der Waals surface area contributed by atoms with E-state index in [1.807, 2.05) is 61.7 Å². The molecule has 2 aromatic carbocycles. The summed E-state index contributed by atoms with van der Waals surface area (Å²) < 4.78 is 2.09. The third kappa shape index (κ3) is 5.42. The first kappa shape index (κ1) is 19.1. The molecule has 0 spiro atoms. The van der Waals surface area contributed by atoms with Gasteiger partial charge in [0.1, 0.15) is 0 Å². The Morgan fingerprint density at radius 2 is 2.00 bits per heavy atom. The van der Waals surface area contributed by atoms with E-state index >= 15 is 0 Å². The van der Waals surface area contributed by atoms with Crippen LogP contribution in [-0.2, 0) is 6.54 Å². The molecule has 0 fully saturated rings. The Hall–Kier alpha value is -2.63. The van der Waals surface area contributed by atoms with E-state index < -0.39 is 0 Å². The van der Waals surface area contributed by atoms with E-state index in [-0.39, 0.29) is 0 Å². The van der Waals surface area contributed by atoms with Crippen molar-refractivity contribution in [2.24, 2.45) is 5.10 Å². The maximum absolute atomic E-state index is 6.06. The van der Waals surface area contributed by atoms with Gasteiger partial charge in [-0.25, -0.2) is 0 Å². The van der Waals surface area contributed by atoms with Crippen molar-refractivity contribution in [2.45, 2.75) is 20.4 Å². The second-order valence-electron chi connectivity index (χ2n) is 6.33. The van der Waals surface area contributed by atoms with Gasteiger partial charge in [-0.1, -0.05) is 41.4 Å². The Balaban J connectivity index is 1.60. The number of benzene rings is 2. The Kier molecular flexibility index (Phi) is 6.27. The Morgan fingerprint density at radius 3 is 2.78 bits per heavy atom. The van der Waals surface area contributed by atoms with Crippen LogP contribution in [0.5, 0.6) is 0 Å². The highest BCUT2D eigenvalue weighted by atomic mass is 35.5. The predicted octanol–water partition coefficient (Wildman–Crippen LogP) is 5.13. The quantitative estimate of drug-likeness (QED) is 0.357. The third-order valence-electron chi connectivity index (χ3n) is 4.10. The molecule has 3 rings (SSSR count). The summed E-state index contributed by atoms with van der Waals surface area (Å²) in [5.74, 6) is 0. The van der Waals surface area contributed by atoms with Crippen molar-refractivity contribution in [2.75, 3.05) is 5.32 Å². The summed E-state index contributed by atoms with van der Waals surface area (Å²) >= 11 is 11.4. The molecule has 0 unspecified atom stereocenters. The highest BCUT2D eigenvalue weighted by Gasteiger charge is 2.02. The second-order valence-corrected chi connectivity index (χ2v) is 7.18. The zero-order valence-electron chi connectivity index (χ0n) is 15.2. The number of aromatic nitrogens is 1. The lowest BCUT2D eigenvalue weighted by atomic mass is 10.1. The first-order valence-electron chi connectivity index (χ1n) is 8.58. The number of anilines is 1. The number of hydrogen-bond acceptors (Lipinski definition) is 2. The summed E-state index contributed by atoms with van der Waals surface area (Å²) in [7, 11) is 0. The first-order valence-corrected chi connectivity index (χ1v) is 9.37. The molecule has 0 amide bonds. The van der Waals surface area contributed by atoms with E-state index in [0.717, 1.165) is 34.1 Å². The van der Waals surface area contributed by atoms with Gasteiger partial charge in [-0.15, -0.1) is 0 Å². The van der Waals surface area contributed by atoms with Gasteiger partial charge in [0, 0.05) is 23.5 Å². The maximum atomic E-state index is 6.06. The van der Waals surface area contributed by atoms with Crippen molar-refractivity contribution in [1.82, 2.24) is 9.99 Å². The molecule has 0 radical (unpaired) electrons. The number of hydrazone groups is 1. The van der Waals surface area contributed by atoms with E-state index in [1.54, 1.807) is 6.21 Å². The van der Waals surface area contributed by atoms with Crippen molar-refractivity contribution in [1.29, 1.82) is 0 Å². The Bertz CT molecular complexity index is 978. The van der Waals surface area contributed by atoms with Crippen molar-refractivity contribution < 1.29 is 0 Å². The van der Waals surface area contributed by atoms with Crippen molar-refractivity contribution >= 4 is 40.8 Å². The van der Waals surface area contributed by atoms with Crippen LogP contribution in [0.15, 0.2) is 65.9 Å². The number of nitrogens with zero attached hydrogens (tertiary/aromatic N) is 2. The molecule has 0 bridgehead atoms. The number of hydrogen-bond donors (Lipinski definition) is 2. The van der Waals surface area contributed by atoms with Crippen LogP contribution < -0.4 is 10.7 Å². The molecule has 4 nitrogen and oxygen atoms in total. The fourth-order valence-electron chi connectivity index (χ4n) is 2.78. The smallest absolute Gasteiger partial charge is 0.191 e. The second kappa shape index (κ2) is 8.84. The van der Waals surface area contributed by atoms with Gasteiger partial charge in [-0.2, -0.15) is 5.10 Å². The van der Waals surface area contributed by atoms with Gasteiger partial charge in [0.05, 0.1) is 11.9 Å². The Morgan fingerprint density at radius 1 is 1.15 bits per heavy atom. The fourth-order valence-corrected chi connectivity index (χ4v) is 3.16. The highest BCUT2D eigenvalue weighted by Crippen LogP contribution is 2.16. The van der Waals surface area contributed by atoms with E-state index in [9.17, 15) is 0 Å². The van der Waals surface area contributed by atoms with Crippen LogP contribution in [-0.4, -0.2) is 15.9 Å². The minimum atomic E-state index is 0.450. The fraction of sp³-hybridized carbons (Fsp3) is 0.143. The van der Waals surface area contributed by atoms with Gasteiger partial charge in [0.25, 0.3) is 0 Å². The molecule has 0 atom stereocenters. The summed E-state index contributed by atoms with van der Waals surface area (Å²) in [5.41, 5.74) is 8.29. The zero-order valence-corrected chi connectivity index (χ0v) is 16.8. The van der Waals surface area contributed by atoms with Gasteiger partial charge < -0.3 is 9.88 Å². The highest BCUT2D eigenvalue weighted by molar-refractivity contribution is 7.80. The van der Waals surface area contributed by atoms with Crippen LogP contribution in [0.4, 0.5) is 5.69 Å². The molecule has 3 aromatic rings. The average Bonchev–Trinajstić information content (AvgIpc) is 3.04. The molecule has 0 saturated heterocycles. The molecular weight excluding hydrogens is 376 g/mol. The number of halogens is 1. The van der Waals surface area contributed by atoms with Crippen LogP contribution in [0.2, 0.25) is 5.02 Å². The number of aryl methyl sites for hydroxylation is 2. The van der Waals surface area contributed by atoms with Gasteiger partial charge in [0.2, 0.25) is 0 Å². The summed E-state index contributed by atoms with van der Waals surface area (Å²) in [4.78, 5) is 0. The van der Waals surface area contributed by atoms with Crippen LogP contribution in [0.3, 0.4) is 0 Å². The molecule has 0 aliphatic carbocycles. The molecular formula is C21H21ClN4S. The lowest BCUT2D eigenvalue weighted by Gasteiger charge is -2.10. The normalized spacial score (nSPS) is 10.9.